The van der Waals surface area contributed by atoms with Gasteiger partial charge in [-0.05, 0) is 37.6 Å². The number of carbonyl (C=O) groups is 1. The van der Waals surface area contributed by atoms with Gasteiger partial charge in [-0.25, -0.2) is 4.39 Å². The van der Waals surface area contributed by atoms with Gasteiger partial charge in [-0.15, -0.1) is 0 Å². The fraction of sp³-hybridized carbons (Fsp3) is 0.278. The zero-order chi connectivity index (χ0) is 16.8. The zero-order valence-corrected chi connectivity index (χ0v) is 13.1. The smallest absolute Gasteiger partial charge is 0.162 e. The summed E-state index contributed by atoms with van der Waals surface area (Å²) >= 11 is 0. The number of para-hydroxylation sites is 1. The van der Waals surface area contributed by atoms with Crippen LogP contribution in [0.25, 0.3) is 0 Å². The molecule has 1 atom stereocenters. The molecule has 2 aromatic carbocycles. The number of ketones is 1. The molecule has 0 fully saturated rings. The Labute approximate surface area is 134 Å². The van der Waals surface area contributed by atoms with Crippen molar-refractivity contribution in [1.29, 1.82) is 0 Å². The molecule has 0 aliphatic heterocycles. The molecule has 23 heavy (non-hydrogen) atoms. The van der Waals surface area contributed by atoms with Gasteiger partial charge in [0.05, 0.1) is 5.56 Å². The molecule has 4 nitrogen and oxygen atoms in total. The molecule has 0 aromatic heterocycles. The standard InChI is InChI=1S/C18H19FO4/c1-12-5-3-4-6-18(12)23-11-14(21)10-22-15-7-8-16(13(2)20)17(19)9-15/h3-9,14,21H,10-11H2,1-2H3. The highest BCUT2D eigenvalue weighted by atomic mass is 19.1. The molecule has 0 saturated carbocycles. The van der Waals surface area contributed by atoms with Gasteiger partial charge in [0.15, 0.2) is 5.78 Å². The molecule has 2 aromatic rings. The molecule has 5 heteroatoms. The van der Waals surface area contributed by atoms with Crippen LogP contribution >= 0.6 is 0 Å². The van der Waals surface area contributed by atoms with E-state index in [4.69, 9.17) is 9.47 Å². The summed E-state index contributed by atoms with van der Waals surface area (Å²) < 4.78 is 24.5. The van der Waals surface area contributed by atoms with E-state index in [-0.39, 0.29) is 30.3 Å². The van der Waals surface area contributed by atoms with Crippen LogP contribution in [0.2, 0.25) is 0 Å². The van der Waals surface area contributed by atoms with Crippen molar-refractivity contribution in [3.63, 3.8) is 0 Å². The van der Waals surface area contributed by atoms with Crippen molar-refractivity contribution in [1.82, 2.24) is 0 Å². The van der Waals surface area contributed by atoms with Gasteiger partial charge in [-0.1, -0.05) is 18.2 Å². The monoisotopic (exact) mass is 318 g/mol. The van der Waals surface area contributed by atoms with Crippen LogP contribution < -0.4 is 9.47 Å². The Bertz CT molecular complexity index is 684. The Morgan fingerprint density at radius 1 is 1.17 bits per heavy atom. The lowest BCUT2D eigenvalue weighted by Gasteiger charge is -2.15. The predicted octanol–water partition coefficient (Wildman–Crippen LogP) is 3.16. The molecule has 2 rings (SSSR count). The minimum Gasteiger partial charge on any atom is -0.491 e. The van der Waals surface area contributed by atoms with Crippen LogP contribution in [0.4, 0.5) is 4.39 Å². The van der Waals surface area contributed by atoms with E-state index in [0.717, 1.165) is 11.6 Å². The number of aliphatic hydroxyl groups is 1. The van der Waals surface area contributed by atoms with E-state index in [1.165, 1.54) is 19.1 Å². The molecule has 0 heterocycles. The van der Waals surface area contributed by atoms with Gasteiger partial charge in [0.2, 0.25) is 0 Å². The maximum atomic E-state index is 13.7. The van der Waals surface area contributed by atoms with Crippen LogP contribution in [0, 0.1) is 12.7 Å². The number of hydrogen-bond donors (Lipinski definition) is 1. The van der Waals surface area contributed by atoms with E-state index in [1.54, 1.807) is 0 Å². The first kappa shape index (κ1) is 17.0. The van der Waals surface area contributed by atoms with Crippen molar-refractivity contribution < 1.29 is 23.8 Å². The molecule has 0 aliphatic carbocycles. The minimum absolute atomic E-state index is 0.0146. The van der Waals surface area contributed by atoms with Crippen molar-refractivity contribution in [2.45, 2.75) is 20.0 Å². The van der Waals surface area contributed by atoms with Crippen molar-refractivity contribution in [2.75, 3.05) is 13.2 Å². The normalized spacial score (nSPS) is 11.8. The Hall–Kier alpha value is -2.40. The molecule has 0 radical (unpaired) electrons. The Balaban J connectivity index is 1.85. The largest absolute Gasteiger partial charge is 0.491 e. The molecular formula is C18H19FO4. The van der Waals surface area contributed by atoms with Crippen LogP contribution in [-0.2, 0) is 0 Å². The first-order valence-corrected chi connectivity index (χ1v) is 7.27. The number of Topliss-reactive ketones (excluding diaryl/α,β-unsaturated/α-hetero) is 1. The predicted molar refractivity (Wildman–Crippen MR) is 84.6 cm³/mol. The minimum atomic E-state index is -0.856. The third-order valence-corrected chi connectivity index (χ3v) is 3.29. The molecule has 0 bridgehead atoms. The zero-order valence-electron chi connectivity index (χ0n) is 13.1. The molecule has 1 unspecified atom stereocenters. The number of carbonyl (C=O) groups excluding carboxylic acids is 1. The Morgan fingerprint density at radius 3 is 2.52 bits per heavy atom. The Kier molecular flexibility index (Phi) is 5.71. The second-order valence-corrected chi connectivity index (χ2v) is 5.24. The summed E-state index contributed by atoms with van der Waals surface area (Å²) in [5.74, 6) is -0.0350. The highest BCUT2D eigenvalue weighted by Gasteiger charge is 2.11. The lowest BCUT2D eigenvalue weighted by atomic mass is 10.1. The van der Waals surface area contributed by atoms with E-state index in [1.807, 2.05) is 31.2 Å². The van der Waals surface area contributed by atoms with E-state index in [0.29, 0.717) is 5.75 Å². The van der Waals surface area contributed by atoms with Gasteiger partial charge < -0.3 is 14.6 Å². The van der Waals surface area contributed by atoms with Gasteiger partial charge in [0.25, 0.3) is 0 Å². The van der Waals surface area contributed by atoms with Crippen molar-refractivity contribution in [3.8, 4) is 11.5 Å². The average Bonchev–Trinajstić information content (AvgIpc) is 2.52. The van der Waals surface area contributed by atoms with Crippen molar-refractivity contribution >= 4 is 5.78 Å². The van der Waals surface area contributed by atoms with E-state index < -0.39 is 11.9 Å². The fourth-order valence-corrected chi connectivity index (χ4v) is 2.02. The summed E-state index contributed by atoms with van der Waals surface area (Å²) in [6.07, 6.45) is -0.856. The third-order valence-electron chi connectivity index (χ3n) is 3.29. The lowest BCUT2D eigenvalue weighted by Crippen LogP contribution is -2.25. The molecule has 0 aliphatic rings. The van der Waals surface area contributed by atoms with Crippen LogP contribution in [0.15, 0.2) is 42.5 Å². The number of rotatable bonds is 7. The number of aryl methyl sites for hydroxylation is 1. The van der Waals surface area contributed by atoms with Gasteiger partial charge in [-0.2, -0.15) is 0 Å². The number of benzene rings is 2. The Morgan fingerprint density at radius 2 is 1.87 bits per heavy atom. The van der Waals surface area contributed by atoms with Gasteiger partial charge in [0.1, 0.15) is 36.6 Å². The summed E-state index contributed by atoms with van der Waals surface area (Å²) in [4.78, 5) is 11.2. The maximum Gasteiger partial charge on any atom is 0.162 e. The van der Waals surface area contributed by atoms with E-state index in [9.17, 15) is 14.3 Å². The third kappa shape index (κ3) is 4.79. The lowest BCUT2D eigenvalue weighted by molar-refractivity contribution is 0.0623. The highest BCUT2D eigenvalue weighted by molar-refractivity contribution is 5.94. The summed E-state index contributed by atoms with van der Waals surface area (Å²) in [7, 11) is 0. The quantitative estimate of drug-likeness (QED) is 0.797. The van der Waals surface area contributed by atoms with Crippen molar-refractivity contribution in [2.24, 2.45) is 0 Å². The molecule has 122 valence electrons. The van der Waals surface area contributed by atoms with Gasteiger partial charge >= 0.3 is 0 Å². The summed E-state index contributed by atoms with van der Waals surface area (Å²) in [5, 5.41) is 9.88. The van der Waals surface area contributed by atoms with E-state index >= 15 is 0 Å². The second-order valence-electron chi connectivity index (χ2n) is 5.24. The van der Waals surface area contributed by atoms with Crippen LogP contribution in [0.3, 0.4) is 0 Å². The van der Waals surface area contributed by atoms with Crippen LogP contribution in [0.1, 0.15) is 22.8 Å². The van der Waals surface area contributed by atoms with Crippen molar-refractivity contribution in [3.05, 3.63) is 59.4 Å². The highest BCUT2D eigenvalue weighted by Crippen LogP contribution is 2.18. The molecular weight excluding hydrogens is 299 g/mol. The molecule has 1 N–H and O–H groups in total. The summed E-state index contributed by atoms with van der Waals surface area (Å²) in [5.41, 5.74) is 0.989. The maximum absolute atomic E-state index is 13.7. The number of hydrogen-bond acceptors (Lipinski definition) is 4. The molecule has 0 saturated heterocycles. The molecule has 0 amide bonds. The van der Waals surface area contributed by atoms with Gasteiger partial charge in [0, 0.05) is 6.07 Å². The SMILES string of the molecule is CC(=O)c1ccc(OCC(O)COc2ccccc2C)cc1F. The fourth-order valence-electron chi connectivity index (χ4n) is 2.02. The first-order valence-electron chi connectivity index (χ1n) is 7.27. The summed E-state index contributed by atoms with van der Waals surface area (Å²) in [6, 6.07) is 11.5. The topological polar surface area (TPSA) is 55.8 Å². The van der Waals surface area contributed by atoms with Crippen LogP contribution in [-0.4, -0.2) is 30.2 Å². The number of halogens is 1. The van der Waals surface area contributed by atoms with Crippen LogP contribution in [0.5, 0.6) is 11.5 Å². The number of aliphatic hydroxyl groups excluding tert-OH is 1. The number of ether oxygens (including phenoxy) is 2. The average molecular weight is 318 g/mol. The first-order chi connectivity index (χ1) is 11.0. The summed E-state index contributed by atoms with van der Waals surface area (Å²) in [6.45, 7) is 3.24. The second kappa shape index (κ2) is 7.74. The van der Waals surface area contributed by atoms with Gasteiger partial charge in [-0.3, -0.25) is 4.79 Å². The van der Waals surface area contributed by atoms with E-state index in [2.05, 4.69) is 0 Å². The molecule has 0 spiro atoms.